The number of hydrogen-bond acceptors (Lipinski definition) is 3. The number of rotatable bonds is 2. The van der Waals surface area contributed by atoms with Crippen LogP contribution in [0.5, 0.6) is 0 Å². The molecule has 0 saturated carbocycles. The molecule has 1 N–H and O–H groups in total. The Labute approximate surface area is 129 Å². The van der Waals surface area contributed by atoms with Crippen molar-refractivity contribution in [2.75, 3.05) is 19.6 Å². The normalized spacial score (nSPS) is 27.5. The molecule has 0 spiro atoms. The molecule has 2 heterocycles. The highest BCUT2D eigenvalue weighted by Gasteiger charge is 2.41. The van der Waals surface area contributed by atoms with Crippen LogP contribution in [-0.2, 0) is 10.0 Å². The second-order valence-corrected chi connectivity index (χ2v) is 8.02. The minimum absolute atomic E-state index is 0.0585. The van der Waals surface area contributed by atoms with Crippen LogP contribution in [0.2, 0.25) is 10.0 Å². The van der Waals surface area contributed by atoms with Gasteiger partial charge in [0, 0.05) is 19.1 Å². The van der Waals surface area contributed by atoms with Gasteiger partial charge < -0.3 is 5.32 Å². The van der Waals surface area contributed by atoms with Crippen LogP contribution >= 0.6 is 23.2 Å². The summed E-state index contributed by atoms with van der Waals surface area (Å²) in [5.74, 6) is 0.418. The van der Waals surface area contributed by atoms with Crippen molar-refractivity contribution in [2.45, 2.75) is 23.8 Å². The van der Waals surface area contributed by atoms with E-state index in [9.17, 15) is 8.42 Å². The van der Waals surface area contributed by atoms with Crippen molar-refractivity contribution >= 4 is 33.2 Å². The monoisotopic (exact) mass is 334 g/mol. The maximum atomic E-state index is 12.8. The Balaban J connectivity index is 1.96. The van der Waals surface area contributed by atoms with Crippen LogP contribution in [0, 0.1) is 5.92 Å². The third-order valence-electron chi connectivity index (χ3n) is 4.13. The second-order valence-electron chi connectivity index (χ2n) is 5.32. The van der Waals surface area contributed by atoms with Crippen LogP contribution in [0.3, 0.4) is 0 Å². The highest BCUT2D eigenvalue weighted by molar-refractivity contribution is 7.89. The zero-order valence-electron chi connectivity index (χ0n) is 10.9. The van der Waals surface area contributed by atoms with Crippen molar-refractivity contribution in [3.8, 4) is 0 Å². The molecule has 2 atom stereocenters. The molecule has 0 radical (unpaired) electrons. The molecule has 7 heteroatoms. The van der Waals surface area contributed by atoms with E-state index in [-0.39, 0.29) is 16.0 Å². The minimum Gasteiger partial charge on any atom is -0.315 e. The zero-order chi connectivity index (χ0) is 14.3. The molecule has 0 aromatic heterocycles. The number of benzene rings is 1. The predicted molar refractivity (Wildman–Crippen MR) is 79.7 cm³/mol. The molecule has 110 valence electrons. The summed E-state index contributed by atoms with van der Waals surface area (Å²) in [6, 6.07) is 4.55. The van der Waals surface area contributed by atoms with Gasteiger partial charge in [-0.15, -0.1) is 0 Å². The molecule has 2 saturated heterocycles. The largest absolute Gasteiger partial charge is 0.315 e. The highest BCUT2D eigenvalue weighted by atomic mass is 35.5. The molecule has 1 aromatic rings. The Morgan fingerprint density at radius 1 is 1.20 bits per heavy atom. The van der Waals surface area contributed by atoms with Gasteiger partial charge in [-0.3, -0.25) is 0 Å². The van der Waals surface area contributed by atoms with Gasteiger partial charge in [0.15, 0.2) is 0 Å². The van der Waals surface area contributed by atoms with E-state index in [4.69, 9.17) is 23.2 Å². The van der Waals surface area contributed by atoms with E-state index in [1.807, 2.05) is 0 Å². The third-order valence-corrected chi connectivity index (χ3v) is 6.78. The predicted octanol–water partition coefficient (Wildman–Crippen LogP) is 2.37. The maximum absolute atomic E-state index is 12.8. The van der Waals surface area contributed by atoms with E-state index in [1.54, 1.807) is 4.31 Å². The third kappa shape index (κ3) is 2.46. The SMILES string of the molecule is O=S(=O)(c1ccc(Cl)c(Cl)c1)N1CCCC2CNCC21. The van der Waals surface area contributed by atoms with Gasteiger partial charge in [0.25, 0.3) is 0 Å². The molecule has 2 aliphatic heterocycles. The zero-order valence-corrected chi connectivity index (χ0v) is 13.2. The number of hydrogen-bond donors (Lipinski definition) is 1. The molecule has 0 bridgehead atoms. The van der Waals surface area contributed by atoms with Crippen molar-refractivity contribution in [1.29, 1.82) is 0 Å². The Hall–Kier alpha value is -0.330. The van der Waals surface area contributed by atoms with Crippen LogP contribution in [0.4, 0.5) is 0 Å². The number of halogens is 2. The van der Waals surface area contributed by atoms with E-state index in [2.05, 4.69) is 5.32 Å². The lowest BCUT2D eigenvalue weighted by atomic mass is 9.94. The van der Waals surface area contributed by atoms with E-state index < -0.39 is 10.0 Å². The molecule has 1 aromatic carbocycles. The molecular weight excluding hydrogens is 319 g/mol. The Morgan fingerprint density at radius 2 is 2.00 bits per heavy atom. The van der Waals surface area contributed by atoms with Crippen LogP contribution in [0.1, 0.15) is 12.8 Å². The fourth-order valence-electron chi connectivity index (χ4n) is 3.10. The molecule has 4 nitrogen and oxygen atoms in total. The van der Waals surface area contributed by atoms with Gasteiger partial charge in [-0.25, -0.2) is 8.42 Å². The average molecular weight is 335 g/mol. The van der Waals surface area contributed by atoms with Crippen molar-refractivity contribution < 1.29 is 8.42 Å². The number of fused-ring (bicyclic) bond motifs is 1. The number of nitrogens with one attached hydrogen (secondary N) is 1. The summed E-state index contributed by atoms with van der Waals surface area (Å²) in [4.78, 5) is 0.222. The number of sulfonamides is 1. The number of piperidine rings is 1. The molecule has 2 aliphatic rings. The lowest BCUT2D eigenvalue weighted by molar-refractivity contribution is 0.217. The van der Waals surface area contributed by atoms with Crippen molar-refractivity contribution in [3.63, 3.8) is 0 Å². The molecule has 3 rings (SSSR count). The van der Waals surface area contributed by atoms with Crippen LogP contribution in [-0.4, -0.2) is 38.4 Å². The Morgan fingerprint density at radius 3 is 2.75 bits per heavy atom. The van der Waals surface area contributed by atoms with Crippen LogP contribution in [0.15, 0.2) is 23.1 Å². The molecule has 0 amide bonds. The average Bonchev–Trinajstić information content (AvgIpc) is 2.89. The lowest BCUT2D eigenvalue weighted by Gasteiger charge is -2.35. The highest BCUT2D eigenvalue weighted by Crippen LogP contribution is 2.33. The van der Waals surface area contributed by atoms with Gasteiger partial charge in [0.2, 0.25) is 10.0 Å². The minimum atomic E-state index is -3.51. The van der Waals surface area contributed by atoms with Gasteiger partial charge in [-0.2, -0.15) is 4.31 Å². The van der Waals surface area contributed by atoms with E-state index in [1.165, 1.54) is 18.2 Å². The van der Waals surface area contributed by atoms with Crippen molar-refractivity contribution in [1.82, 2.24) is 9.62 Å². The maximum Gasteiger partial charge on any atom is 0.243 e. The molecule has 20 heavy (non-hydrogen) atoms. The van der Waals surface area contributed by atoms with Gasteiger partial charge >= 0.3 is 0 Å². The lowest BCUT2D eigenvalue weighted by Crippen LogP contribution is -2.48. The summed E-state index contributed by atoms with van der Waals surface area (Å²) >= 11 is 11.8. The van der Waals surface area contributed by atoms with E-state index in [0.717, 1.165) is 25.9 Å². The first kappa shape index (κ1) is 14.6. The summed E-state index contributed by atoms with van der Waals surface area (Å²) in [7, 11) is -3.51. The Bertz CT molecular complexity index is 621. The first-order valence-electron chi connectivity index (χ1n) is 6.68. The first-order chi connectivity index (χ1) is 9.50. The summed E-state index contributed by atoms with van der Waals surface area (Å²) in [5.41, 5.74) is 0. The summed E-state index contributed by atoms with van der Waals surface area (Å²) in [6.45, 7) is 2.20. The van der Waals surface area contributed by atoms with Crippen molar-refractivity contribution in [3.05, 3.63) is 28.2 Å². The fraction of sp³-hybridized carbons (Fsp3) is 0.538. The number of nitrogens with zero attached hydrogens (tertiary/aromatic N) is 1. The summed E-state index contributed by atoms with van der Waals surface area (Å²) in [5, 5.41) is 3.92. The second kappa shape index (κ2) is 5.46. The van der Waals surface area contributed by atoms with E-state index >= 15 is 0 Å². The van der Waals surface area contributed by atoms with Gasteiger partial charge in [-0.05, 0) is 43.5 Å². The summed E-state index contributed by atoms with van der Waals surface area (Å²) < 4.78 is 27.2. The van der Waals surface area contributed by atoms with Gasteiger partial charge in [0.1, 0.15) is 0 Å². The molecular formula is C13H16Cl2N2O2S. The topological polar surface area (TPSA) is 49.4 Å². The quantitative estimate of drug-likeness (QED) is 0.903. The van der Waals surface area contributed by atoms with E-state index in [0.29, 0.717) is 17.5 Å². The van der Waals surface area contributed by atoms with Gasteiger partial charge in [-0.1, -0.05) is 23.2 Å². The Kier molecular flexibility index (Phi) is 3.99. The summed E-state index contributed by atoms with van der Waals surface area (Å²) in [6.07, 6.45) is 1.99. The molecule has 2 fully saturated rings. The smallest absolute Gasteiger partial charge is 0.243 e. The fourth-order valence-corrected chi connectivity index (χ4v) is 5.21. The first-order valence-corrected chi connectivity index (χ1v) is 8.87. The van der Waals surface area contributed by atoms with Crippen LogP contribution < -0.4 is 5.32 Å². The van der Waals surface area contributed by atoms with Gasteiger partial charge in [0.05, 0.1) is 14.9 Å². The molecule has 0 aliphatic carbocycles. The van der Waals surface area contributed by atoms with Crippen LogP contribution in [0.25, 0.3) is 0 Å². The van der Waals surface area contributed by atoms with Crippen molar-refractivity contribution in [2.24, 2.45) is 5.92 Å². The standard InChI is InChI=1S/C13H16Cl2N2O2S/c14-11-4-3-10(6-12(11)15)20(18,19)17-5-1-2-9-7-16-8-13(9)17/h3-4,6,9,13,16H,1-2,5,7-8H2. The molecule has 2 unspecified atom stereocenters.